The van der Waals surface area contributed by atoms with Crippen molar-refractivity contribution >= 4 is 11.6 Å². The van der Waals surface area contributed by atoms with E-state index < -0.39 is 0 Å². The summed E-state index contributed by atoms with van der Waals surface area (Å²) in [5, 5.41) is 7.03. The fourth-order valence-electron chi connectivity index (χ4n) is 3.05. The lowest BCUT2D eigenvalue weighted by atomic mass is 9.95. The Kier molecular flexibility index (Phi) is 3.68. The van der Waals surface area contributed by atoms with Crippen LogP contribution in [0.1, 0.15) is 41.9 Å². The number of aromatic nitrogens is 3. The van der Waals surface area contributed by atoms with E-state index in [0.29, 0.717) is 17.3 Å². The number of carbonyl (C=O) groups excluding carboxylic acids is 1. The van der Waals surface area contributed by atoms with Crippen LogP contribution in [0.4, 0.5) is 5.69 Å². The molecule has 1 atom stereocenters. The first-order valence-electron chi connectivity index (χ1n) is 7.43. The van der Waals surface area contributed by atoms with E-state index in [0.717, 1.165) is 38.2 Å². The Labute approximate surface area is 123 Å². The Bertz CT molecular complexity index is 616. The third-order valence-electron chi connectivity index (χ3n) is 4.15. The monoisotopic (exact) mass is 287 g/mol. The van der Waals surface area contributed by atoms with E-state index in [9.17, 15) is 4.79 Å². The Hall–Kier alpha value is -2.24. The number of aromatic amines is 1. The van der Waals surface area contributed by atoms with Gasteiger partial charge in [-0.2, -0.15) is 5.10 Å². The number of likely N-dealkylation sites (tertiary alicyclic amines) is 1. The first-order chi connectivity index (χ1) is 10.2. The van der Waals surface area contributed by atoms with Crippen LogP contribution in [0, 0.1) is 0 Å². The summed E-state index contributed by atoms with van der Waals surface area (Å²) in [6.45, 7) is 4.30. The minimum absolute atomic E-state index is 0.0674. The van der Waals surface area contributed by atoms with Crippen LogP contribution in [0.3, 0.4) is 0 Å². The molecule has 1 amide bonds. The van der Waals surface area contributed by atoms with E-state index in [1.54, 1.807) is 12.3 Å². The molecule has 6 heteroatoms. The molecule has 21 heavy (non-hydrogen) atoms. The standard InChI is InChI=1S/C15H21N5O/c1-2-19-10-12(16)8-14(19)15(21)20-7-3-4-11(9-20)13-5-6-17-18-13/h5-6,8,10-11H,2-4,7,9,16H2,1H3,(H,17,18). The average Bonchev–Trinajstić information content (AvgIpc) is 3.15. The fourth-order valence-corrected chi connectivity index (χ4v) is 3.05. The van der Waals surface area contributed by atoms with Crippen molar-refractivity contribution in [2.75, 3.05) is 18.8 Å². The maximum absolute atomic E-state index is 12.7. The average molecular weight is 287 g/mol. The lowest BCUT2D eigenvalue weighted by Crippen LogP contribution is -2.40. The van der Waals surface area contributed by atoms with Gasteiger partial charge in [0, 0.05) is 43.6 Å². The maximum Gasteiger partial charge on any atom is 0.270 e. The van der Waals surface area contributed by atoms with E-state index >= 15 is 0 Å². The zero-order valence-corrected chi connectivity index (χ0v) is 12.2. The van der Waals surface area contributed by atoms with Gasteiger partial charge >= 0.3 is 0 Å². The van der Waals surface area contributed by atoms with Crippen molar-refractivity contribution in [1.29, 1.82) is 0 Å². The van der Waals surface area contributed by atoms with Crippen LogP contribution in [0.5, 0.6) is 0 Å². The molecule has 1 fully saturated rings. The van der Waals surface area contributed by atoms with E-state index in [-0.39, 0.29) is 5.91 Å². The minimum Gasteiger partial charge on any atom is -0.397 e. The van der Waals surface area contributed by atoms with Crippen molar-refractivity contribution < 1.29 is 4.79 Å². The van der Waals surface area contributed by atoms with Crippen LogP contribution in [0.25, 0.3) is 0 Å². The zero-order valence-electron chi connectivity index (χ0n) is 12.2. The number of carbonyl (C=O) groups is 1. The highest BCUT2D eigenvalue weighted by molar-refractivity contribution is 5.94. The van der Waals surface area contributed by atoms with Crippen molar-refractivity contribution in [1.82, 2.24) is 19.7 Å². The van der Waals surface area contributed by atoms with Crippen LogP contribution < -0.4 is 5.73 Å². The predicted molar refractivity (Wildman–Crippen MR) is 81.0 cm³/mol. The van der Waals surface area contributed by atoms with Crippen molar-refractivity contribution in [2.24, 2.45) is 0 Å². The number of nitrogens with zero attached hydrogens (tertiary/aromatic N) is 3. The highest BCUT2D eigenvalue weighted by Gasteiger charge is 2.27. The van der Waals surface area contributed by atoms with Crippen molar-refractivity contribution in [2.45, 2.75) is 32.2 Å². The first-order valence-corrected chi connectivity index (χ1v) is 7.43. The first kappa shape index (κ1) is 13.7. The molecule has 0 aromatic carbocycles. The molecule has 0 saturated carbocycles. The number of H-pyrrole nitrogens is 1. The lowest BCUT2D eigenvalue weighted by Gasteiger charge is -2.32. The zero-order chi connectivity index (χ0) is 14.8. The molecule has 0 bridgehead atoms. The lowest BCUT2D eigenvalue weighted by molar-refractivity contribution is 0.0695. The van der Waals surface area contributed by atoms with Crippen LogP contribution in [-0.2, 0) is 6.54 Å². The second-order valence-corrected chi connectivity index (χ2v) is 5.55. The molecule has 112 valence electrons. The molecule has 1 unspecified atom stereocenters. The fraction of sp³-hybridized carbons (Fsp3) is 0.467. The molecule has 1 aliphatic rings. The number of piperidine rings is 1. The molecule has 2 aromatic heterocycles. The summed E-state index contributed by atoms with van der Waals surface area (Å²) in [4.78, 5) is 14.7. The van der Waals surface area contributed by atoms with Crippen molar-refractivity contribution in [3.05, 3.63) is 35.9 Å². The molecular weight excluding hydrogens is 266 g/mol. The summed E-state index contributed by atoms with van der Waals surface area (Å²) in [6.07, 6.45) is 5.68. The van der Waals surface area contributed by atoms with Gasteiger partial charge in [-0.3, -0.25) is 9.89 Å². The number of nitrogen functional groups attached to an aromatic ring is 1. The maximum atomic E-state index is 12.7. The Morgan fingerprint density at radius 2 is 2.43 bits per heavy atom. The molecule has 1 aliphatic heterocycles. The second kappa shape index (κ2) is 5.63. The van der Waals surface area contributed by atoms with Crippen LogP contribution in [0.2, 0.25) is 0 Å². The SMILES string of the molecule is CCn1cc(N)cc1C(=O)N1CCCC(c2ccn[nH]2)C1. The minimum atomic E-state index is 0.0674. The van der Waals surface area contributed by atoms with Crippen molar-refractivity contribution in [3.63, 3.8) is 0 Å². The van der Waals surface area contributed by atoms with Gasteiger partial charge in [-0.15, -0.1) is 0 Å². The molecule has 0 aliphatic carbocycles. The molecule has 3 rings (SSSR count). The van der Waals surface area contributed by atoms with E-state index in [4.69, 9.17) is 5.73 Å². The van der Waals surface area contributed by atoms with Crippen LogP contribution in [0.15, 0.2) is 24.5 Å². The highest BCUT2D eigenvalue weighted by Crippen LogP contribution is 2.26. The molecule has 3 N–H and O–H groups in total. The molecule has 0 radical (unpaired) electrons. The molecule has 1 saturated heterocycles. The number of nitrogens with one attached hydrogen (secondary N) is 1. The second-order valence-electron chi connectivity index (χ2n) is 5.55. The normalized spacial score (nSPS) is 18.9. The third kappa shape index (κ3) is 2.66. The van der Waals surface area contributed by atoms with Gasteiger partial charge < -0.3 is 15.2 Å². The van der Waals surface area contributed by atoms with Gasteiger partial charge in [-0.05, 0) is 31.9 Å². The summed E-state index contributed by atoms with van der Waals surface area (Å²) >= 11 is 0. The smallest absolute Gasteiger partial charge is 0.270 e. The molecule has 2 aromatic rings. The largest absolute Gasteiger partial charge is 0.397 e. The summed E-state index contributed by atoms with van der Waals surface area (Å²) in [5.74, 6) is 0.408. The molecule has 0 spiro atoms. The molecular formula is C15H21N5O. The predicted octanol–water partition coefficient (Wildman–Crippen LogP) is 1.83. The molecule has 6 nitrogen and oxygen atoms in total. The van der Waals surface area contributed by atoms with Gasteiger partial charge in [0.1, 0.15) is 5.69 Å². The number of amides is 1. The Morgan fingerprint density at radius 3 is 3.14 bits per heavy atom. The molecule has 3 heterocycles. The summed E-state index contributed by atoms with van der Waals surface area (Å²) in [6, 6.07) is 3.76. The summed E-state index contributed by atoms with van der Waals surface area (Å²) < 4.78 is 1.91. The quantitative estimate of drug-likeness (QED) is 0.904. The summed E-state index contributed by atoms with van der Waals surface area (Å²) in [7, 11) is 0. The van der Waals surface area contributed by atoms with E-state index in [1.807, 2.05) is 28.7 Å². The van der Waals surface area contributed by atoms with Gasteiger partial charge in [-0.25, -0.2) is 0 Å². The Morgan fingerprint density at radius 1 is 1.57 bits per heavy atom. The Balaban J connectivity index is 1.78. The third-order valence-corrected chi connectivity index (χ3v) is 4.15. The number of nitrogens with two attached hydrogens (primary N) is 1. The number of hydrogen-bond acceptors (Lipinski definition) is 3. The highest BCUT2D eigenvalue weighted by atomic mass is 16.2. The van der Waals surface area contributed by atoms with Crippen molar-refractivity contribution in [3.8, 4) is 0 Å². The number of anilines is 1. The van der Waals surface area contributed by atoms with Gasteiger partial charge in [0.15, 0.2) is 0 Å². The van der Waals surface area contributed by atoms with Crippen LogP contribution in [-0.4, -0.2) is 38.7 Å². The van der Waals surface area contributed by atoms with Gasteiger partial charge in [0.05, 0.1) is 5.69 Å². The summed E-state index contributed by atoms with van der Waals surface area (Å²) in [5.41, 5.74) is 8.25. The van der Waals surface area contributed by atoms with E-state index in [2.05, 4.69) is 10.2 Å². The van der Waals surface area contributed by atoms with E-state index in [1.165, 1.54) is 0 Å². The topological polar surface area (TPSA) is 79.9 Å². The van der Waals surface area contributed by atoms with Crippen LogP contribution >= 0.6 is 0 Å². The number of rotatable bonds is 3. The van der Waals surface area contributed by atoms with Gasteiger partial charge in [0.2, 0.25) is 0 Å². The van der Waals surface area contributed by atoms with Gasteiger partial charge in [0.25, 0.3) is 5.91 Å². The van der Waals surface area contributed by atoms with Gasteiger partial charge in [-0.1, -0.05) is 0 Å². The number of aryl methyl sites for hydroxylation is 1. The number of hydrogen-bond donors (Lipinski definition) is 2.